The quantitative estimate of drug-likeness (QED) is 0.874. The second kappa shape index (κ2) is 5.87. The maximum Gasteiger partial charge on any atom is 0.241 e. The number of aromatic nitrogens is 4. The number of rotatable bonds is 5. The normalized spacial score (nSPS) is 12.2. The molecule has 2 aromatic heterocycles. The second-order valence-corrected chi connectivity index (χ2v) is 4.25. The summed E-state index contributed by atoms with van der Waals surface area (Å²) in [5.41, 5.74) is 1.88. The van der Waals surface area contributed by atoms with Gasteiger partial charge in [-0.05, 0) is 12.5 Å². The van der Waals surface area contributed by atoms with Gasteiger partial charge in [0, 0.05) is 7.05 Å². The predicted molar refractivity (Wildman–Crippen MR) is 71.8 cm³/mol. The predicted octanol–water partition coefficient (Wildman–Crippen LogP) is 0.871. The molecule has 0 spiro atoms. The molecule has 0 amide bonds. The lowest BCUT2D eigenvalue weighted by Gasteiger charge is -2.13. The Bertz CT molecular complexity index is 597. The molecule has 2 aromatic rings. The van der Waals surface area contributed by atoms with E-state index in [4.69, 9.17) is 9.47 Å². The fraction of sp³-hybridized carbons (Fsp3) is 0.462. The van der Waals surface area contributed by atoms with E-state index in [0.717, 1.165) is 12.1 Å². The summed E-state index contributed by atoms with van der Waals surface area (Å²) in [4.78, 5) is 8.29. The Kier molecular flexibility index (Phi) is 4.19. The fourth-order valence-electron chi connectivity index (χ4n) is 1.91. The number of ether oxygens (including phenoxy) is 2. The smallest absolute Gasteiger partial charge is 0.241 e. The van der Waals surface area contributed by atoms with Crippen molar-refractivity contribution in [1.29, 1.82) is 0 Å². The second-order valence-electron chi connectivity index (χ2n) is 4.25. The summed E-state index contributed by atoms with van der Waals surface area (Å²) in [5, 5.41) is 14.8. The van der Waals surface area contributed by atoms with E-state index in [0.29, 0.717) is 17.3 Å². The Hall–Kier alpha value is -2.15. The standard InChI is InChI=1S/C13H18N4O3/c1-5-8-6-9(17(2)16-8)12(18)11-13(20-4)15-10(19-3)7-14-11/h6-7,12,18H,5H2,1-4H3. The molecule has 0 aliphatic carbocycles. The zero-order valence-corrected chi connectivity index (χ0v) is 12.0. The lowest BCUT2D eigenvalue weighted by Crippen LogP contribution is -2.11. The van der Waals surface area contributed by atoms with Crippen LogP contribution < -0.4 is 9.47 Å². The topological polar surface area (TPSA) is 82.3 Å². The molecule has 108 valence electrons. The monoisotopic (exact) mass is 278 g/mol. The number of hydrogen-bond acceptors (Lipinski definition) is 6. The lowest BCUT2D eigenvalue weighted by molar-refractivity contribution is 0.197. The molecule has 20 heavy (non-hydrogen) atoms. The van der Waals surface area contributed by atoms with Crippen LogP contribution in [-0.4, -0.2) is 39.1 Å². The maximum absolute atomic E-state index is 10.5. The Labute approximate surface area is 117 Å². The van der Waals surface area contributed by atoms with Crippen molar-refractivity contribution in [2.24, 2.45) is 7.05 Å². The summed E-state index contributed by atoms with van der Waals surface area (Å²) in [7, 11) is 4.75. The molecule has 0 fully saturated rings. The number of aryl methyl sites for hydroxylation is 2. The van der Waals surface area contributed by atoms with Crippen molar-refractivity contribution in [3.63, 3.8) is 0 Å². The number of hydrogen-bond donors (Lipinski definition) is 1. The minimum absolute atomic E-state index is 0.232. The van der Waals surface area contributed by atoms with Crippen molar-refractivity contribution in [3.8, 4) is 11.8 Å². The Balaban J connectivity index is 2.41. The first-order valence-corrected chi connectivity index (χ1v) is 6.26. The largest absolute Gasteiger partial charge is 0.480 e. The summed E-state index contributed by atoms with van der Waals surface area (Å²) in [6, 6.07) is 1.84. The van der Waals surface area contributed by atoms with E-state index >= 15 is 0 Å². The lowest BCUT2D eigenvalue weighted by atomic mass is 10.1. The molecule has 0 bridgehead atoms. The minimum atomic E-state index is -0.957. The number of nitrogens with zero attached hydrogens (tertiary/aromatic N) is 4. The summed E-state index contributed by atoms with van der Waals surface area (Å²) in [5.74, 6) is 0.563. The van der Waals surface area contributed by atoms with Gasteiger partial charge < -0.3 is 14.6 Å². The van der Waals surface area contributed by atoms with E-state index in [1.54, 1.807) is 11.7 Å². The zero-order valence-electron chi connectivity index (χ0n) is 12.0. The van der Waals surface area contributed by atoms with E-state index in [9.17, 15) is 5.11 Å². The van der Waals surface area contributed by atoms with Crippen molar-refractivity contribution in [2.75, 3.05) is 14.2 Å². The highest BCUT2D eigenvalue weighted by Crippen LogP contribution is 2.28. The van der Waals surface area contributed by atoms with Gasteiger partial charge in [-0.3, -0.25) is 4.68 Å². The van der Waals surface area contributed by atoms with Gasteiger partial charge in [-0.1, -0.05) is 6.92 Å². The summed E-state index contributed by atoms with van der Waals surface area (Å²) in [6.45, 7) is 2.01. The first-order valence-electron chi connectivity index (χ1n) is 6.26. The highest BCUT2D eigenvalue weighted by molar-refractivity contribution is 5.30. The van der Waals surface area contributed by atoms with Crippen molar-refractivity contribution >= 4 is 0 Å². The first-order chi connectivity index (χ1) is 9.60. The van der Waals surface area contributed by atoms with E-state index < -0.39 is 6.10 Å². The van der Waals surface area contributed by atoms with Gasteiger partial charge in [0.2, 0.25) is 11.8 Å². The third-order valence-electron chi connectivity index (χ3n) is 3.02. The molecule has 7 nitrogen and oxygen atoms in total. The SMILES string of the molecule is CCc1cc(C(O)c2ncc(OC)nc2OC)n(C)n1. The molecule has 1 atom stereocenters. The molecule has 0 aliphatic rings. The van der Waals surface area contributed by atoms with Crippen molar-refractivity contribution < 1.29 is 14.6 Å². The third kappa shape index (κ3) is 2.57. The van der Waals surface area contributed by atoms with Crippen LogP contribution in [0.2, 0.25) is 0 Å². The van der Waals surface area contributed by atoms with Crippen LogP contribution in [0.3, 0.4) is 0 Å². The molecule has 2 heterocycles. The van der Waals surface area contributed by atoms with Crippen molar-refractivity contribution in [3.05, 3.63) is 29.3 Å². The molecule has 1 unspecified atom stereocenters. The van der Waals surface area contributed by atoms with Gasteiger partial charge in [0.05, 0.1) is 31.8 Å². The molecule has 1 N–H and O–H groups in total. The summed E-state index contributed by atoms with van der Waals surface area (Å²) < 4.78 is 11.8. The van der Waals surface area contributed by atoms with Gasteiger partial charge in [0.15, 0.2) is 0 Å². The van der Waals surface area contributed by atoms with Crippen LogP contribution in [0, 0.1) is 0 Å². The van der Waals surface area contributed by atoms with Crippen molar-refractivity contribution in [1.82, 2.24) is 19.7 Å². The number of methoxy groups -OCH3 is 2. The molecule has 0 saturated heterocycles. The molecule has 0 aliphatic heterocycles. The maximum atomic E-state index is 10.5. The van der Waals surface area contributed by atoms with Gasteiger partial charge in [-0.25, -0.2) is 4.98 Å². The highest BCUT2D eigenvalue weighted by Gasteiger charge is 2.22. The minimum Gasteiger partial charge on any atom is -0.480 e. The van der Waals surface area contributed by atoms with Crippen LogP contribution >= 0.6 is 0 Å². The summed E-state index contributed by atoms with van der Waals surface area (Å²) in [6.07, 6.45) is 1.28. The number of aliphatic hydroxyl groups excluding tert-OH is 1. The third-order valence-corrected chi connectivity index (χ3v) is 3.02. The molecule has 0 radical (unpaired) electrons. The fourth-order valence-corrected chi connectivity index (χ4v) is 1.91. The van der Waals surface area contributed by atoms with Crippen LogP contribution in [0.15, 0.2) is 12.3 Å². The molecule has 0 aromatic carbocycles. The molecule has 0 saturated carbocycles. The van der Waals surface area contributed by atoms with Crippen LogP contribution in [0.4, 0.5) is 0 Å². The number of aliphatic hydroxyl groups is 1. The first kappa shape index (κ1) is 14.3. The van der Waals surface area contributed by atoms with Crippen LogP contribution in [-0.2, 0) is 13.5 Å². The average Bonchev–Trinajstić information content (AvgIpc) is 2.86. The molecular formula is C13H18N4O3. The molecule has 2 rings (SSSR count). The average molecular weight is 278 g/mol. The molecular weight excluding hydrogens is 260 g/mol. The van der Waals surface area contributed by atoms with Crippen LogP contribution in [0.5, 0.6) is 11.8 Å². The van der Waals surface area contributed by atoms with E-state index in [1.807, 2.05) is 13.0 Å². The molecule has 7 heteroatoms. The van der Waals surface area contributed by atoms with E-state index in [2.05, 4.69) is 15.1 Å². The van der Waals surface area contributed by atoms with Gasteiger partial charge in [0.1, 0.15) is 11.8 Å². The van der Waals surface area contributed by atoms with E-state index in [-0.39, 0.29) is 5.88 Å². The van der Waals surface area contributed by atoms with Crippen LogP contribution in [0.25, 0.3) is 0 Å². The Morgan fingerprint density at radius 3 is 2.65 bits per heavy atom. The Morgan fingerprint density at radius 2 is 2.10 bits per heavy atom. The van der Waals surface area contributed by atoms with Crippen molar-refractivity contribution in [2.45, 2.75) is 19.4 Å². The van der Waals surface area contributed by atoms with E-state index in [1.165, 1.54) is 20.4 Å². The van der Waals surface area contributed by atoms with Gasteiger partial charge in [-0.2, -0.15) is 10.1 Å². The van der Waals surface area contributed by atoms with Gasteiger partial charge in [-0.15, -0.1) is 0 Å². The zero-order chi connectivity index (χ0) is 14.7. The highest BCUT2D eigenvalue weighted by atomic mass is 16.5. The van der Waals surface area contributed by atoms with Crippen LogP contribution in [0.1, 0.15) is 30.1 Å². The van der Waals surface area contributed by atoms with Gasteiger partial charge >= 0.3 is 0 Å². The Morgan fingerprint density at radius 1 is 1.35 bits per heavy atom. The van der Waals surface area contributed by atoms with Gasteiger partial charge in [0.25, 0.3) is 0 Å². The summed E-state index contributed by atoms with van der Waals surface area (Å²) >= 11 is 0.